The lowest BCUT2D eigenvalue weighted by molar-refractivity contribution is 0.628. The predicted molar refractivity (Wildman–Crippen MR) is 81.8 cm³/mol. The van der Waals surface area contributed by atoms with Gasteiger partial charge in [0, 0.05) is 16.6 Å². The third-order valence-electron chi connectivity index (χ3n) is 3.37. The van der Waals surface area contributed by atoms with Crippen molar-refractivity contribution < 1.29 is 4.39 Å². The van der Waals surface area contributed by atoms with Gasteiger partial charge in [0.2, 0.25) is 0 Å². The molecule has 20 heavy (non-hydrogen) atoms. The molecule has 3 aromatic rings. The Bertz CT molecular complexity index is 764. The Morgan fingerprint density at radius 2 is 2.00 bits per heavy atom. The molecule has 0 fully saturated rings. The number of fused-ring (bicyclic) bond motifs is 1. The predicted octanol–water partition coefficient (Wildman–Crippen LogP) is 4.88. The number of aromatic nitrogens is 1. The molecule has 1 heterocycles. The highest BCUT2D eigenvalue weighted by atomic mass is 35.5. The van der Waals surface area contributed by atoms with Gasteiger partial charge in [0.05, 0.1) is 17.3 Å². The number of aryl methyl sites for hydroxylation is 1. The standard InChI is InChI=1S/C16H14ClFN2/c1-10-6-7-11(18)8-14(10)19-9-15-16(17)12-4-2-3-5-13(12)20-15/h2-8,19-20H,9H2,1H3. The smallest absolute Gasteiger partial charge is 0.125 e. The van der Waals surface area contributed by atoms with Crippen LogP contribution in [0.1, 0.15) is 11.3 Å². The third kappa shape index (κ3) is 2.37. The largest absolute Gasteiger partial charge is 0.379 e. The van der Waals surface area contributed by atoms with Crippen molar-refractivity contribution in [1.82, 2.24) is 4.98 Å². The van der Waals surface area contributed by atoms with E-state index in [4.69, 9.17) is 11.6 Å². The van der Waals surface area contributed by atoms with Gasteiger partial charge in [-0.3, -0.25) is 0 Å². The maximum Gasteiger partial charge on any atom is 0.125 e. The Kier molecular flexibility index (Phi) is 3.36. The lowest BCUT2D eigenvalue weighted by Crippen LogP contribution is -2.02. The molecule has 0 atom stereocenters. The first-order valence-corrected chi connectivity index (χ1v) is 6.78. The zero-order valence-corrected chi connectivity index (χ0v) is 11.8. The highest BCUT2D eigenvalue weighted by Crippen LogP contribution is 2.28. The quantitative estimate of drug-likeness (QED) is 0.706. The summed E-state index contributed by atoms with van der Waals surface area (Å²) in [4.78, 5) is 3.28. The van der Waals surface area contributed by atoms with Crippen LogP contribution in [-0.4, -0.2) is 4.98 Å². The molecule has 0 saturated heterocycles. The van der Waals surface area contributed by atoms with Crippen molar-refractivity contribution in [3.05, 3.63) is 64.6 Å². The molecule has 0 bridgehead atoms. The minimum Gasteiger partial charge on any atom is -0.379 e. The van der Waals surface area contributed by atoms with Crippen molar-refractivity contribution in [2.24, 2.45) is 0 Å². The second-order valence-corrected chi connectivity index (χ2v) is 5.15. The van der Waals surface area contributed by atoms with Gasteiger partial charge in [-0.25, -0.2) is 4.39 Å². The summed E-state index contributed by atoms with van der Waals surface area (Å²) in [5.74, 6) is -0.249. The van der Waals surface area contributed by atoms with E-state index in [-0.39, 0.29) is 5.82 Å². The number of para-hydroxylation sites is 1. The molecular weight excluding hydrogens is 275 g/mol. The number of benzene rings is 2. The summed E-state index contributed by atoms with van der Waals surface area (Å²) in [5, 5.41) is 4.93. The van der Waals surface area contributed by atoms with E-state index in [1.54, 1.807) is 6.07 Å². The molecule has 0 aliphatic heterocycles. The van der Waals surface area contributed by atoms with Gasteiger partial charge in [0.25, 0.3) is 0 Å². The summed E-state index contributed by atoms with van der Waals surface area (Å²) in [5.41, 5.74) is 3.68. The van der Waals surface area contributed by atoms with Gasteiger partial charge < -0.3 is 10.3 Å². The third-order valence-corrected chi connectivity index (χ3v) is 3.80. The molecule has 0 aliphatic rings. The van der Waals surface area contributed by atoms with Crippen LogP contribution in [0.3, 0.4) is 0 Å². The van der Waals surface area contributed by atoms with Gasteiger partial charge in [-0.05, 0) is 30.7 Å². The Balaban J connectivity index is 1.87. The van der Waals surface area contributed by atoms with Crippen LogP contribution in [0.15, 0.2) is 42.5 Å². The van der Waals surface area contributed by atoms with E-state index in [2.05, 4.69) is 10.3 Å². The molecule has 0 radical (unpaired) electrons. The van der Waals surface area contributed by atoms with Gasteiger partial charge in [-0.1, -0.05) is 35.9 Å². The van der Waals surface area contributed by atoms with E-state index < -0.39 is 0 Å². The van der Waals surface area contributed by atoms with Gasteiger partial charge >= 0.3 is 0 Å². The summed E-state index contributed by atoms with van der Waals surface area (Å²) < 4.78 is 13.2. The Labute approximate surface area is 121 Å². The van der Waals surface area contributed by atoms with E-state index in [9.17, 15) is 4.39 Å². The number of anilines is 1. The van der Waals surface area contributed by atoms with Crippen molar-refractivity contribution in [3.63, 3.8) is 0 Å². The Morgan fingerprint density at radius 3 is 2.80 bits per heavy atom. The molecule has 1 aromatic heterocycles. The molecule has 2 nitrogen and oxygen atoms in total. The number of hydrogen-bond donors (Lipinski definition) is 2. The SMILES string of the molecule is Cc1ccc(F)cc1NCc1[nH]c2ccccc2c1Cl. The van der Waals surface area contributed by atoms with Crippen LogP contribution < -0.4 is 5.32 Å². The van der Waals surface area contributed by atoms with Crippen LogP contribution in [0, 0.1) is 12.7 Å². The molecule has 0 unspecified atom stereocenters. The number of aromatic amines is 1. The first-order chi connectivity index (χ1) is 9.65. The highest BCUT2D eigenvalue weighted by Gasteiger charge is 2.09. The second-order valence-electron chi connectivity index (χ2n) is 4.78. The average Bonchev–Trinajstić information content (AvgIpc) is 2.77. The zero-order chi connectivity index (χ0) is 14.1. The van der Waals surface area contributed by atoms with E-state index in [1.807, 2.05) is 31.2 Å². The summed E-state index contributed by atoms with van der Waals surface area (Å²) in [7, 11) is 0. The molecule has 3 rings (SSSR count). The fraction of sp³-hybridized carbons (Fsp3) is 0.125. The van der Waals surface area contributed by atoms with E-state index in [1.165, 1.54) is 12.1 Å². The maximum absolute atomic E-state index is 13.2. The van der Waals surface area contributed by atoms with Crippen LogP contribution >= 0.6 is 11.6 Å². The second kappa shape index (κ2) is 5.17. The normalized spacial score (nSPS) is 10.9. The van der Waals surface area contributed by atoms with Crippen molar-refractivity contribution >= 4 is 28.2 Å². The monoisotopic (exact) mass is 288 g/mol. The zero-order valence-electron chi connectivity index (χ0n) is 11.0. The maximum atomic E-state index is 13.2. The number of rotatable bonds is 3. The van der Waals surface area contributed by atoms with Gasteiger partial charge in [-0.2, -0.15) is 0 Å². The Hall–Kier alpha value is -2.00. The summed E-state index contributed by atoms with van der Waals surface area (Å²) in [6.07, 6.45) is 0. The molecule has 2 aromatic carbocycles. The van der Waals surface area contributed by atoms with Crippen LogP contribution in [-0.2, 0) is 6.54 Å². The lowest BCUT2D eigenvalue weighted by atomic mass is 10.2. The van der Waals surface area contributed by atoms with E-state index in [0.717, 1.165) is 27.8 Å². The van der Waals surface area contributed by atoms with Gasteiger partial charge in [0.15, 0.2) is 0 Å². The number of hydrogen-bond acceptors (Lipinski definition) is 1. The van der Waals surface area contributed by atoms with Gasteiger partial charge in [0.1, 0.15) is 5.82 Å². The van der Waals surface area contributed by atoms with Gasteiger partial charge in [-0.15, -0.1) is 0 Å². The Morgan fingerprint density at radius 1 is 1.20 bits per heavy atom. The molecule has 2 N–H and O–H groups in total. The molecule has 0 aliphatic carbocycles. The topological polar surface area (TPSA) is 27.8 Å². The van der Waals surface area contributed by atoms with Crippen LogP contribution in [0.2, 0.25) is 5.02 Å². The molecule has 0 amide bonds. The minimum absolute atomic E-state index is 0.249. The fourth-order valence-corrected chi connectivity index (χ4v) is 2.53. The molecule has 0 spiro atoms. The van der Waals surface area contributed by atoms with E-state index in [0.29, 0.717) is 11.6 Å². The average molecular weight is 289 g/mol. The first kappa shape index (κ1) is 13.0. The lowest BCUT2D eigenvalue weighted by Gasteiger charge is -2.09. The summed E-state index contributed by atoms with van der Waals surface area (Å²) in [6, 6.07) is 12.6. The van der Waals surface area contributed by atoms with Crippen LogP contribution in [0.25, 0.3) is 10.9 Å². The molecule has 102 valence electrons. The number of halogens is 2. The van der Waals surface area contributed by atoms with Crippen molar-refractivity contribution in [1.29, 1.82) is 0 Å². The summed E-state index contributed by atoms with van der Waals surface area (Å²) >= 11 is 6.35. The fourth-order valence-electron chi connectivity index (χ4n) is 2.25. The van der Waals surface area contributed by atoms with Crippen LogP contribution in [0.5, 0.6) is 0 Å². The van der Waals surface area contributed by atoms with Crippen molar-refractivity contribution in [3.8, 4) is 0 Å². The number of H-pyrrole nitrogens is 1. The molecular formula is C16H14ClFN2. The summed E-state index contributed by atoms with van der Waals surface area (Å²) in [6.45, 7) is 2.46. The number of nitrogens with one attached hydrogen (secondary N) is 2. The molecule has 0 saturated carbocycles. The van der Waals surface area contributed by atoms with E-state index >= 15 is 0 Å². The molecule has 4 heteroatoms. The van der Waals surface area contributed by atoms with Crippen molar-refractivity contribution in [2.45, 2.75) is 13.5 Å². The van der Waals surface area contributed by atoms with Crippen molar-refractivity contribution in [2.75, 3.05) is 5.32 Å². The first-order valence-electron chi connectivity index (χ1n) is 6.40. The minimum atomic E-state index is -0.249. The highest BCUT2D eigenvalue weighted by molar-refractivity contribution is 6.36. The van der Waals surface area contributed by atoms with Crippen LogP contribution in [0.4, 0.5) is 10.1 Å².